The summed E-state index contributed by atoms with van der Waals surface area (Å²) in [6.45, 7) is 1.75. The molecular weight excluding hydrogens is 383 g/mol. The van der Waals surface area contributed by atoms with Crippen molar-refractivity contribution in [3.8, 4) is 5.75 Å². The molecule has 1 N–H and O–H groups in total. The quantitative estimate of drug-likeness (QED) is 0.686. The molecule has 0 saturated carbocycles. The van der Waals surface area contributed by atoms with Crippen molar-refractivity contribution in [1.29, 1.82) is 0 Å². The standard InChI is InChI=1S/C18H15ClF3N3O2/c1-3-14-15(17(26)23-11-5-4-6-12(8-11)27-2)25-9-10(18(20,21)22)7-13(19)16(25)24-14/h4-9H,3H2,1-2H3,(H,23,26). The molecule has 3 aromatic rings. The van der Waals surface area contributed by atoms with Crippen molar-refractivity contribution in [3.63, 3.8) is 0 Å². The fourth-order valence-corrected chi connectivity index (χ4v) is 2.94. The van der Waals surface area contributed by atoms with Gasteiger partial charge < -0.3 is 10.1 Å². The first-order valence-corrected chi connectivity index (χ1v) is 8.35. The third-order valence-corrected chi connectivity index (χ3v) is 4.23. The lowest BCUT2D eigenvalue weighted by molar-refractivity contribution is -0.137. The first-order chi connectivity index (χ1) is 12.7. The highest BCUT2D eigenvalue weighted by molar-refractivity contribution is 6.33. The number of alkyl halides is 3. The molecule has 0 aliphatic heterocycles. The number of hydrogen-bond donors (Lipinski definition) is 1. The van der Waals surface area contributed by atoms with Gasteiger partial charge in [-0.05, 0) is 24.6 Å². The summed E-state index contributed by atoms with van der Waals surface area (Å²) < 4.78 is 45.6. The average molecular weight is 398 g/mol. The average Bonchev–Trinajstić information content (AvgIpc) is 3.00. The van der Waals surface area contributed by atoms with Gasteiger partial charge in [0, 0.05) is 18.0 Å². The number of amides is 1. The van der Waals surface area contributed by atoms with E-state index in [1.807, 2.05) is 0 Å². The fraction of sp³-hybridized carbons (Fsp3) is 0.222. The van der Waals surface area contributed by atoms with E-state index in [1.165, 1.54) is 7.11 Å². The highest BCUT2D eigenvalue weighted by Gasteiger charge is 2.33. The van der Waals surface area contributed by atoms with E-state index in [0.717, 1.165) is 16.7 Å². The number of carbonyl (C=O) groups excluding carboxylic acids is 1. The van der Waals surface area contributed by atoms with Gasteiger partial charge in [0.05, 0.1) is 23.4 Å². The molecule has 0 radical (unpaired) electrons. The minimum atomic E-state index is -4.60. The Morgan fingerprint density at radius 2 is 2.07 bits per heavy atom. The molecule has 0 spiro atoms. The van der Waals surface area contributed by atoms with Crippen molar-refractivity contribution in [3.05, 3.63) is 58.5 Å². The van der Waals surface area contributed by atoms with Crippen LogP contribution in [0.4, 0.5) is 18.9 Å². The van der Waals surface area contributed by atoms with Crippen LogP contribution < -0.4 is 10.1 Å². The Morgan fingerprint density at radius 1 is 1.33 bits per heavy atom. The van der Waals surface area contributed by atoms with Crippen LogP contribution in [0, 0.1) is 0 Å². The molecular formula is C18H15ClF3N3O2. The largest absolute Gasteiger partial charge is 0.497 e. The van der Waals surface area contributed by atoms with Crippen LogP contribution in [-0.2, 0) is 12.6 Å². The van der Waals surface area contributed by atoms with Gasteiger partial charge >= 0.3 is 6.18 Å². The van der Waals surface area contributed by atoms with Gasteiger partial charge in [-0.15, -0.1) is 0 Å². The van der Waals surface area contributed by atoms with Gasteiger partial charge in [-0.3, -0.25) is 9.20 Å². The van der Waals surface area contributed by atoms with Crippen molar-refractivity contribution < 1.29 is 22.7 Å². The lowest BCUT2D eigenvalue weighted by Gasteiger charge is -2.11. The molecule has 0 fully saturated rings. The summed E-state index contributed by atoms with van der Waals surface area (Å²) >= 11 is 5.98. The molecule has 27 heavy (non-hydrogen) atoms. The Kier molecular flexibility index (Phi) is 5.01. The minimum Gasteiger partial charge on any atom is -0.497 e. The minimum absolute atomic E-state index is 0.00307. The predicted molar refractivity (Wildman–Crippen MR) is 95.5 cm³/mol. The molecule has 142 valence electrons. The third kappa shape index (κ3) is 3.71. The van der Waals surface area contributed by atoms with Gasteiger partial charge in [0.2, 0.25) is 0 Å². The number of benzene rings is 1. The van der Waals surface area contributed by atoms with Gasteiger partial charge in [0.15, 0.2) is 5.65 Å². The molecule has 0 saturated heterocycles. The highest BCUT2D eigenvalue weighted by Crippen LogP contribution is 2.33. The van der Waals surface area contributed by atoms with Crippen LogP contribution in [-0.4, -0.2) is 22.4 Å². The number of nitrogens with zero attached hydrogens (tertiary/aromatic N) is 2. The molecule has 0 atom stereocenters. The number of ether oxygens (including phenoxy) is 1. The maximum absolute atomic E-state index is 13.1. The number of aryl methyl sites for hydroxylation is 1. The second kappa shape index (κ2) is 7.11. The van der Waals surface area contributed by atoms with E-state index < -0.39 is 17.6 Å². The topological polar surface area (TPSA) is 55.6 Å². The van der Waals surface area contributed by atoms with E-state index in [-0.39, 0.29) is 16.4 Å². The fourth-order valence-electron chi connectivity index (χ4n) is 2.68. The second-order valence-electron chi connectivity index (χ2n) is 5.71. The second-order valence-corrected chi connectivity index (χ2v) is 6.12. The summed E-state index contributed by atoms with van der Waals surface area (Å²) in [7, 11) is 1.49. The normalized spacial score (nSPS) is 11.6. The number of carbonyl (C=O) groups is 1. The Balaban J connectivity index is 2.11. The summed E-state index contributed by atoms with van der Waals surface area (Å²) in [5.41, 5.74) is -0.0813. The van der Waals surface area contributed by atoms with Crippen molar-refractivity contribution in [2.45, 2.75) is 19.5 Å². The van der Waals surface area contributed by atoms with Crippen molar-refractivity contribution in [1.82, 2.24) is 9.38 Å². The number of pyridine rings is 1. The van der Waals surface area contributed by atoms with Crippen molar-refractivity contribution >= 4 is 28.8 Å². The predicted octanol–water partition coefficient (Wildman–Crippen LogP) is 4.83. The maximum Gasteiger partial charge on any atom is 0.417 e. The van der Waals surface area contributed by atoms with Gasteiger partial charge in [0.25, 0.3) is 5.91 Å². The van der Waals surface area contributed by atoms with Crippen LogP contribution in [0.1, 0.15) is 28.7 Å². The molecule has 1 amide bonds. The van der Waals surface area contributed by atoms with Crippen LogP contribution in [0.5, 0.6) is 5.75 Å². The zero-order valence-corrected chi connectivity index (χ0v) is 15.1. The van der Waals surface area contributed by atoms with Crippen LogP contribution in [0.15, 0.2) is 36.5 Å². The molecule has 1 aromatic carbocycles. The number of hydrogen-bond acceptors (Lipinski definition) is 3. The molecule has 0 aliphatic carbocycles. The first-order valence-electron chi connectivity index (χ1n) is 7.97. The number of fused-ring (bicyclic) bond motifs is 1. The van der Waals surface area contributed by atoms with Crippen molar-refractivity contribution in [2.24, 2.45) is 0 Å². The number of anilines is 1. The molecule has 3 rings (SSSR count). The van der Waals surface area contributed by atoms with E-state index in [1.54, 1.807) is 31.2 Å². The van der Waals surface area contributed by atoms with Crippen LogP contribution >= 0.6 is 11.6 Å². The first kappa shape index (κ1) is 19.0. The smallest absolute Gasteiger partial charge is 0.417 e. The molecule has 0 unspecified atom stereocenters. The summed E-state index contributed by atoms with van der Waals surface area (Å²) in [6.07, 6.45) is -3.43. The zero-order valence-electron chi connectivity index (χ0n) is 14.4. The number of halogens is 4. The molecule has 5 nitrogen and oxygen atoms in total. The zero-order chi connectivity index (χ0) is 19.8. The van der Waals surface area contributed by atoms with Gasteiger partial charge in [-0.1, -0.05) is 24.6 Å². The number of imidazole rings is 1. The van der Waals surface area contributed by atoms with Gasteiger partial charge in [-0.2, -0.15) is 13.2 Å². The van der Waals surface area contributed by atoms with Crippen LogP contribution in [0.2, 0.25) is 5.02 Å². The molecule has 2 aromatic heterocycles. The maximum atomic E-state index is 13.1. The summed E-state index contributed by atoms with van der Waals surface area (Å²) in [6, 6.07) is 7.43. The number of aromatic nitrogens is 2. The summed E-state index contributed by atoms with van der Waals surface area (Å²) in [5.74, 6) is -0.0629. The number of rotatable bonds is 4. The van der Waals surface area contributed by atoms with Crippen LogP contribution in [0.3, 0.4) is 0 Å². The summed E-state index contributed by atoms with van der Waals surface area (Å²) in [5, 5.41) is 2.48. The highest BCUT2D eigenvalue weighted by atomic mass is 35.5. The van der Waals surface area contributed by atoms with Gasteiger partial charge in [0.1, 0.15) is 11.4 Å². The van der Waals surface area contributed by atoms with E-state index in [0.29, 0.717) is 23.6 Å². The SMILES string of the molecule is CCc1nc2c(Cl)cc(C(F)(F)F)cn2c1C(=O)Nc1cccc(OC)c1. The Bertz CT molecular complexity index is 1010. The Morgan fingerprint density at radius 3 is 2.70 bits per heavy atom. The number of nitrogens with one attached hydrogen (secondary N) is 1. The number of methoxy groups -OCH3 is 1. The molecule has 2 heterocycles. The van der Waals surface area contributed by atoms with Gasteiger partial charge in [-0.25, -0.2) is 4.98 Å². The lowest BCUT2D eigenvalue weighted by Crippen LogP contribution is -2.17. The van der Waals surface area contributed by atoms with E-state index >= 15 is 0 Å². The van der Waals surface area contributed by atoms with E-state index in [2.05, 4.69) is 10.3 Å². The summed E-state index contributed by atoms with van der Waals surface area (Å²) in [4.78, 5) is 17.0. The monoisotopic (exact) mass is 397 g/mol. The van der Waals surface area contributed by atoms with Crippen molar-refractivity contribution in [2.75, 3.05) is 12.4 Å². The Labute approximate surface area is 157 Å². The molecule has 0 bridgehead atoms. The lowest BCUT2D eigenvalue weighted by atomic mass is 10.2. The molecule has 9 heteroatoms. The Hall–Kier alpha value is -2.74. The third-order valence-electron chi connectivity index (χ3n) is 3.95. The van der Waals surface area contributed by atoms with Crippen LogP contribution in [0.25, 0.3) is 5.65 Å². The molecule has 0 aliphatic rings. The van der Waals surface area contributed by atoms with E-state index in [9.17, 15) is 18.0 Å². The van der Waals surface area contributed by atoms with E-state index in [4.69, 9.17) is 16.3 Å².